The third-order valence-electron chi connectivity index (χ3n) is 4.07. The number of rotatable bonds is 5. The number of nitrogens with zero attached hydrogens (tertiary/aromatic N) is 1. The molecule has 0 aliphatic carbocycles. The average Bonchev–Trinajstić information content (AvgIpc) is 2.50. The van der Waals surface area contributed by atoms with Gasteiger partial charge in [-0.25, -0.2) is 4.79 Å². The second-order valence-electron chi connectivity index (χ2n) is 5.34. The first-order valence-corrected chi connectivity index (χ1v) is 7.91. The summed E-state index contributed by atoms with van der Waals surface area (Å²) in [5.74, 6) is -0.180. The molecule has 4 nitrogen and oxygen atoms in total. The van der Waals surface area contributed by atoms with Gasteiger partial charge in [0.15, 0.2) is 0 Å². The number of carbonyl (C=O) groups is 1. The quantitative estimate of drug-likeness (QED) is 0.848. The van der Waals surface area contributed by atoms with Crippen LogP contribution in [0.5, 0.6) is 0 Å². The maximum atomic E-state index is 12.5. The van der Waals surface area contributed by atoms with Gasteiger partial charge in [0.25, 0.3) is 0 Å². The van der Waals surface area contributed by atoms with Crippen LogP contribution in [0.15, 0.2) is 24.3 Å². The van der Waals surface area contributed by atoms with Crippen LogP contribution >= 0.6 is 11.6 Å². The molecular weight excluding hydrogens is 288 g/mol. The van der Waals surface area contributed by atoms with Gasteiger partial charge in [-0.05, 0) is 38.4 Å². The highest BCUT2D eigenvalue weighted by Gasteiger charge is 2.42. The summed E-state index contributed by atoms with van der Waals surface area (Å²) < 4.78 is 5.30. The van der Waals surface area contributed by atoms with Crippen molar-refractivity contribution in [1.82, 2.24) is 4.90 Å². The van der Waals surface area contributed by atoms with Crippen molar-refractivity contribution in [1.29, 1.82) is 0 Å². The number of hydrogen-bond donors (Lipinski definition) is 1. The van der Waals surface area contributed by atoms with Gasteiger partial charge in [0.2, 0.25) is 0 Å². The van der Waals surface area contributed by atoms with Gasteiger partial charge < -0.3 is 15.0 Å². The van der Waals surface area contributed by atoms with Crippen LogP contribution in [0.3, 0.4) is 0 Å². The molecule has 1 aromatic rings. The first kappa shape index (κ1) is 16.1. The van der Waals surface area contributed by atoms with E-state index in [0.29, 0.717) is 11.6 Å². The summed E-state index contributed by atoms with van der Waals surface area (Å²) >= 11 is 6.22. The molecule has 2 rings (SSSR count). The van der Waals surface area contributed by atoms with Gasteiger partial charge in [-0.2, -0.15) is 0 Å². The van der Waals surface area contributed by atoms with Gasteiger partial charge in [-0.15, -0.1) is 0 Å². The van der Waals surface area contributed by atoms with Gasteiger partial charge >= 0.3 is 5.97 Å². The Hall–Kier alpha value is -1.26. The zero-order valence-corrected chi connectivity index (χ0v) is 13.4. The highest BCUT2D eigenvalue weighted by Crippen LogP contribution is 2.31. The minimum atomic E-state index is -0.674. The largest absolute Gasteiger partial charge is 0.464 e. The molecule has 1 fully saturated rings. The number of esters is 1. The molecule has 21 heavy (non-hydrogen) atoms. The third-order valence-corrected chi connectivity index (χ3v) is 4.40. The van der Waals surface area contributed by atoms with Crippen LogP contribution < -0.4 is 5.32 Å². The maximum Gasteiger partial charge on any atom is 0.331 e. The summed E-state index contributed by atoms with van der Waals surface area (Å²) in [6, 6.07) is 7.51. The van der Waals surface area contributed by atoms with Crippen molar-refractivity contribution in [2.75, 3.05) is 31.6 Å². The lowest BCUT2D eigenvalue weighted by Crippen LogP contribution is -2.55. The van der Waals surface area contributed by atoms with Gasteiger partial charge in [-0.1, -0.05) is 30.7 Å². The molecule has 0 unspecified atom stereocenters. The van der Waals surface area contributed by atoms with Crippen LogP contribution in [0.25, 0.3) is 0 Å². The van der Waals surface area contributed by atoms with E-state index in [4.69, 9.17) is 16.3 Å². The van der Waals surface area contributed by atoms with Crippen LogP contribution in [0.2, 0.25) is 5.02 Å². The molecule has 0 aromatic heterocycles. The lowest BCUT2D eigenvalue weighted by molar-refractivity contribution is -0.150. The topological polar surface area (TPSA) is 41.6 Å². The summed E-state index contributed by atoms with van der Waals surface area (Å²) in [5, 5.41) is 3.98. The van der Waals surface area contributed by atoms with Gasteiger partial charge in [-0.3, -0.25) is 0 Å². The molecule has 1 saturated heterocycles. The minimum Gasteiger partial charge on any atom is -0.464 e. The van der Waals surface area contributed by atoms with Crippen molar-refractivity contribution < 1.29 is 9.53 Å². The van der Waals surface area contributed by atoms with Crippen LogP contribution in [-0.4, -0.2) is 42.6 Å². The number of benzene rings is 1. The number of ether oxygens (including phenoxy) is 1. The standard InChI is InChI=1S/C16H23ClN2O2/c1-3-19-11-9-16(10-12-19,15(20)21-4-2)18-14-8-6-5-7-13(14)17/h5-8,18H,3-4,9-12H2,1-2H3. The van der Waals surface area contributed by atoms with Crippen molar-refractivity contribution in [2.45, 2.75) is 32.2 Å². The van der Waals surface area contributed by atoms with Crippen molar-refractivity contribution in [3.8, 4) is 0 Å². The Morgan fingerprint density at radius 2 is 2.00 bits per heavy atom. The van der Waals surface area contributed by atoms with Crippen molar-refractivity contribution in [3.63, 3.8) is 0 Å². The van der Waals surface area contributed by atoms with E-state index in [1.165, 1.54) is 0 Å². The predicted octanol–water partition coefficient (Wildman–Crippen LogP) is 3.17. The Morgan fingerprint density at radius 1 is 1.33 bits per heavy atom. The van der Waals surface area contributed by atoms with E-state index in [1.807, 2.05) is 31.2 Å². The fourth-order valence-corrected chi connectivity index (χ4v) is 2.90. The average molecular weight is 311 g/mol. The molecule has 1 heterocycles. The summed E-state index contributed by atoms with van der Waals surface area (Å²) in [7, 11) is 0. The summed E-state index contributed by atoms with van der Waals surface area (Å²) in [4.78, 5) is 14.8. The monoisotopic (exact) mass is 310 g/mol. The van der Waals surface area contributed by atoms with Crippen molar-refractivity contribution in [2.24, 2.45) is 0 Å². The molecule has 0 radical (unpaired) electrons. The zero-order chi connectivity index (χ0) is 15.3. The molecule has 0 atom stereocenters. The highest BCUT2D eigenvalue weighted by atomic mass is 35.5. The van der Waals surface area contributed by atoms with E-state index in [1.54, 1.807) is 0 Å². The number of likely N-dealkylation sites (tertiary alicyclic amines) is 1. The lowest BCUT2D eigenvalue weighted by atomic mass is 9.87. The second-order valence-corrected chi connectivity index (χ2v) is 5.75. The van der Waals surface area contributed by atoms with Crippen molar-refractivity contribution >= 4 is 23.3 Å². The molecule has 1 N–H and O–H groups in total. The molecule has 1 aliphatic heterocycles. The van der Waals surface area contributed by atoms with Gasteiger partial charge in [0, 0.05) is 13.1 Å². The predicted molar refractivity (Wildman–Crippen MR) is 85.8 cm³/mol. The molecule has 5 heteroatoms. The third kappa shape index (κ3) is 3.69. The van der Waals surface area contributed by atoms with E-state index in [9.17, 15) is 4.79 Å². The molecule has 1 aliphatic rings. The molecule has 0 saturated carbocycles. The highest BCUT2D eigenvalue weighted by molar-refractivity contribution is 6.33. The van der Waals surface area contributed by atoms with Crippen LogP contribution in [0, 0.1) is 0 Å². The van der Waals surface area contributed by atoms with E-state index in [0.717, 1.165) is 38.2 Å². The first-order valence-electron chi connectivity index (χ1n) is 7.53. The fraction of sp³-hybridized carbons (Fsp3) is 0.562. The molecule has 0 spiro atoms. The Bertz CT molecular complexity index is 485. The van der Waals surface area contributed by atoms with E-state index < -0.39 is 5.54 Å². The molecule has 116 valence electrons. The van der Waals surface area contributed by atoms with E-state index in [2.05, 4.69) is 17.1 Å². The Kier molecular flexibility index (Phi) is 5.48. The van der Waals surface area contributed by atoms with Crippen molar-refractivity contribution in [3.05, 3.63) is 29.3 Å². The molecular formula is C16H23ClN2O2. The van der Waals surface area contributed by atoms with E-state index in [-0.39, 0.29) is 5.97 Å². The van der Waals surface area contributed by atoms with E-state index >= 15 is 0 Å². The number of piperidine rings is 1. The summed E-state index contributed by atoms with van der Waals surface area (Å²) in [6.07, 6.45) is 1.45. The first-order chi connectivity index (χ1) is 10.1. The van der Waals surface area contributed by atoms with Crippen LogP contribution in [0.1, 0.15) is 26.7 Å². The van der Waals surface area contributed by atoms with Crippen LogP contribution in [-0.2, 0) is 9.53 Å². The molecule has 1 aromatic carbocycles. The number of nitrogens with one attached hydrogen (secondary N) is 1. The Balaban J connectivity index is 2.21. The minimum absolute atomic E-state index is 0.180. The number of halogens is 1. The summed E-state index contributed by atoms with van der Waals surface area (Å²) in [6.45, 7) is 7.13. The summed E-state index contributed by atoms with van der Waals surface area (Å²) in [5.41, 5.74) is 0.115. The number of anilines is 1. The smallest absolute Gasteiger partial charge is 0.331 e. The number of para-hydroxylation sites is 1. The van der Waals surface area contributed by atoms with Gasteiger partial charge in [0.05, 0.1) is 17.3 Å². The zero-order valence-electron chi connectivity index (χ0n) is 12.7. The van der Waals surface area contributed by atoms with Gasteiger partial charge in [0.1, 0.15) is 5.54 Å². The maximum absolute atomic E-state index is 12.5. The normalized spacial score (nSPS) is 18.2. The number of hydrogen-bond acceptors (Lipinski definition) is 4. The Labute approximate surface area is 131 Å². The fourth-order valence-electron chi connectivity index (χ4n) is 2.72. The second kappa shape index (κ2) is 7.14. The number of carbonyl (C=O) groups excluding carboxylic acids is 1. The lowest BCUT2D eigenvalue weighted by Gasteiger charge is -2.40. The molecule has 0 amide bonds. The molecule has 0 bridgehead atoms. The SMILES string of the molecule is CCOC(=O)C1(Nc2ccccc2Cl)CCN(CC)CC1. The van der Waals surface area contributed by atoms with Crippen LogP contribution in [0.4, 0.5) is 5.69 Å². The Morgan fingerprint density at radius 3 is 2.57 bits per heavy atom.